The Balaban J connectivity index is 1.35. The van der Waals surface area contributed by atoms with Crippen molar-refractivity contribution < 1.29 is 14.7 Å². The fourth-order valence-electron chi connectivity index (χ4n) is 4.27. The number of carbonyl (C=O) groups is 2. The highest BCUT2D eigenvalue weighted by Gasteiger charge is 2.27. The Morgan fingerprint density at radius 1 is 1.03 bits per heavy atom. The van der Waals surface area contributed by atoms with Crippen LogP contribution in [0.25, 0.3) is 11.3 Å². The predicted molar refractivity (Wildman–Crippen MR) is 144 cm³/mol. The lowest BCUT2D eigenvalue weighted by Gasteiger charge is -2.25. The van der Waals surface area contributed by atoms with Crippen LogP contribution in [0.1, 0.15) is 52.4 Å². The van der Waals surface area contributed by atoms with Gasteiger partial charge in [-0.25, -0.2) is 4.79 Å². The van der Waals surface area contributed by atoms with Gasteiger partial charge in [0.05, 0.1) is 11.4 Å². The van der Waals surface area contributed by atoms with Crippen LogP contribution in [0.4, 0.5) is 10.5 Å². The molecule has 0 unspecified atom stereocenters. The van der Waals surface area contributed by atoms with Gasteiger partial charge in [-0.3, -0.25) is 4.79 Å². The van der Waals surface area contributed by atoms with E-state index >= 15 is 0 Å². The van der Waals surface area contributed by atoms with Crippen molar-refractivity contribution in [3.05, 3.63) is 100 Å². The van der Waals surface area contributed by atoms with E-state index in [0.717, 1.165) is 36.1 Å². The Hall–Kier alpha value is -4.10. The number of phenols is 1. The van der Waals surface area contributed by atoms with Gasteiger partial charge in [0, 0.05) is 40.4 Å². The summed E-state index contributed by atoms with van der Waals surface area (Å²) in [5.74, 6) is -0.101. The molecule has 0 atom stereocenters. The van der Waals surface area contributed by atoms with E-state index in [-0.39, 0.29) is 23.6 Å². The minimum atomic E-state index is -0.314. The Morgan fingerprint density at radius 2 is 1.76 bits per heavy atom. The van der Waals surface area contributed by atoms with Crippen LogP contribution in [0.3, 0.4) is 0 Å². The van der Waals surface area contributed by atoms with Crippen LogP contribution >= 0.6 is 11.6 Å². The molecule has 0 bridgehead atoms. The number of halogens is 1. The number of nitrogens with one attached hydrogen (secondary N) is 2. The SMILES string of the molecule is Cc1ccc(CNC(=O)n2nc(-c3ccc(NC(=O)c4ccc(Cl)cc4)cc3O)cc2C2CCC2)cc1. The number of hydrogen-bond acceptors (Lipinski definition) is 4. The number of aromatic nitrogens is 2. The van der Waals surface area contributed by atoms with Crippen molar-refractivity contribution in [1.82, 2.24) is 15.1 Å². The summed E-state index contributed by atoms with van der Waals surface area (Å²) < 4.78 is 1.42. The van der Waals surface area contributed by atoms with E-state index in [2.05, 4.69) is 15.7 Å². The second kappa shape index (κ2) is 10.5. The smallest absolute Gasteiger partial charge is 0.342 e. The molecular weight excluding hydrogens is 488 g/mol. The molecule has 1 fully saturated rings. The molecule has 2 amide bonds. The zero-order valence-corrected chi connectivity index (χ0v) is 21.1. The molecular formula is C29H27ClN4O3. The van der Waals surface area contributed by atoms with Crippen molar-refractivity contribution >= 4 is 29.2 Å². The lowest BCUT2D eigenvalue weighted by molar-refractivity contribution is 0.102. The topological polar surface area (TPSA) is 96.3 Å². The number of amides is 2. The molecule has 3 aromatic carbocycles. The predicted octanol–water partition coefficient (Wildman–Crippen LogP) is 6.50. The molecule has 3 N–H and O–H groups in total. The number of phenolic OH excluding ortho intramolecular Hbond substituents is 1. The molecule has 8 heteroatoms. The number of carbonyl (C=O) groups excluding carboxylic acids is 2. The van der Waals surface area contributed by atoms with E-state index in [0.29, 0.717) is 34.1 Å². The Labute approximate surface area is 220 Å². The van der Waals surface area contributed by atoms with Crippen LogP contribution in [0.5, 0.6) is 5.75 Å². The molecule has 4 aromatic rings. The number of anilines is 1. The van der Waals surface area contributed by atoms with Crippen LogP contribution in [-0.2, 0) is 6.54 Å². The molecule has 1 saturated carbocycles. The van der Waals surface area contributed by atoms with E-state index in [1.54, 1.807) is 36.4 Å². The molecule has 188 valence electrons. The summed E-state index contributed by atoms with van der Waals surface area (Å²) in [7, 11) is 0. The van der Waals surface area contributed by atoms with Gasteiger partial charge in [-0.05, 0) is 67.8 Å². The van der Waals surface area contributed by atoms with Gasteiger partial charge in [0.1, 0.15) is 5.75 Å². The third-order valence-corrected chi connectivity index (χ3v) is 6.91. The highest BCUT2D eigenvalue weighted by molar-refractivity contribution is 6.30. The average Bonchev–Trinajstić information content (AvgIpc) is 3.27. The summed E-state index contributed by atoms with van der Waals surface area (Å²) in [4.78, 5) is 25.6. The minimum absolute atomic E-state index is 0.0428. The number of hydrogen-bond donors (Lipinski definition) is 3. The highest BCUT2D eigenvalue weighted by atomic mass is 35.5. The molecule has 7 nitrogen and oxygen atoms in total. The Kier molecular flexibility index (Phi) is 6.97. The molecule has 0 spiro atoms. The first-order valence-corrected chi connectivity index (χ1v) is 12.6. The lowest BCUT2D eigenvalue weighted by Crippen LogP contribution is -2.31. The van der Waals surface area contributed by atoms with E-state index in [1.165, 1.54) is 10.7 Å². The Bertz CT molecular complexity index is 1440. The molecule has 0 saturated heterocycles. The van der Waals surface area contributed by atoms with E-state index in [4.69, 9.17) is 11.6 Å². The fraction of sp³-hybridized carbons (Fsp3) is 0.207. The molecule has 1 aromatic heterocycles. The third-order valence-electron chi connectivity index (χ3n) is 6.66. The normalized spacial score (nSPS) is 13.1. The van der Waals surface area contributed by atoms with Gasteiger partial charge in [-0.15, -0.1) is 0 Å². The molecule has 0 aliphatic heterocycles. The van der Waals surface area contributed by atoms with Crippen LogP contribution in [0, 0.1) is 6.92 Å². The van der Waals surface area contributed by atoms with Crippen molar-refractivity contribution in [2.45, 2.75) is 38.6 Å². The quantitative estimate of drug-likeness (QED) is 0.274. The van der Waals surface area contributed by atoms with E-state index < -0.39 is 0 Å². The molecule has 5 rings (SSSR count). The largest absolute Gasteiger partial charge is 0.507 e. The van der Waals surface area contributed by atoms with Crippen LogP contribution in [-0.4, -0.2) is 26.8 Å². The van der Waals surface area contributed by atoms with Gasteiger partial charge < -0.3 is 15.7 Å². The van der Waals surface area contributed by atoms with Crippen LogP contribution in [0.15, 0.2) is 72.8 Å². The minimum Gasteiger partial charge on any atom is -0.507 e. The van der Waals surface area contributed by atoms with Gasteiger partial charge in [0.2, 0.25) is 0 Å². The van der Waals surface area contributed by atoms with Gasteiger partial charge in [-0.1, -0.05) is 47.9 Å². The van der Waals surface area contributed by atoms with Crippen LogP contribution in [0.2, 0.25) is 5.02 Å². The summed E-state index contributed by atoms with van der Waals surface area (Å²) in [5.41, 5.74) is 4.88. The molecule has 1 aliphatic carbocycles. The van der Waals surface area contributed by atoms with Crippen molar-refractivity contribution in [2.75, 3.05) is 5.32 Å². The summed E-state index contributed by atoms with van der Waals surface area (Å²) in [6.07, 6.45) is 3.11. The number of nitrogens with zero attached hydrogens (tertiary/aromatic N) is 2. The summed E-state index contributed by atoms with van der Waals surface area (Å²) in [6.45, 7) is 2.42. The average molecular weight is 515 g/mol. The van der Waals surface area contributed by atoms with Gasteiger partial charge in [0.15, 0.2) is 0 Å². The number of aromatic hydroxyl groups is 1. The standard InChI is InChI=1S/C29H27ClN4O3/c1-18-5-7-19(8-6-18)17-31-29(37)34-26(20-3-2-4-20)16-25(33-34)24-14-13-23(15-27(24)35)32-28(36)21-9-11-22(30)12-10-21/h5-16,20,35H,2-4,17H2,1H3,(H,31,37)(H,32,36). The molecule has 1 aliphatic rings. The molecule has 0 radical (unpaired) electrons. The maximum Gasteiger partial charge on any atom is 0.342 e. The van der Waals surface area contributed by atoms with Crippen LogP contribution < -0.4 is 10.6 Å². The van der Waals surface area contributed by atoms with Gasteiger partial charge in [-0.2, -0.15) is 9.78 Å². The van der Waals surface area contributed by atoms with Crippen molar-refractivity contribution in [3.63, 3.8) is 0 Å². The number of benzene rings is 3. The lowest BCUT2D eigenvalue weighted by atomic mass is 9.82. The summed E-state index contributed by atoms with van der Waals surface area (Å²) in [6, 6.07) is 21.0. The van der Waals surface area contributed by atoms with Gasteiger partial charge >= 0.3 is 6.03 Å². The maximum atomic E-state index is 13.1. The fourth-order valence-corrected chi connectivity index (χ4v) is 4.40. The first kappa shape index (κ1) is 24.6. The first-order valence-electron chi connectivity index (χ1n) is 12.2. The second-order valence-corrected chi connectivity index (χ2v) is 9.77. The second-order valence-electron chi connectivity index (χ2n) is 9.33. The maximum absolute atomic E-state index is 13.1. The van der Waals surface area contributed by atoms with E-state index in [1.807, 2.05) is 37.3 Å². The summed E-state index contributed by atoms with van der Waals surface area (Å²) in [5, 5.41) is 21.6. The molecule has 1 heterocycles. The van der Waals surface area contributed by atoms with Crippen molar-refractivity contribution in [3.8, 4) is 17.0 Å². The summed E-state index contributed by atoms with van der Waals surface area (Å²) >= 11 is 5.89. The Morgan fingerprint density at radius 3 is 2.41 bits per heavy atom. The van der Waals surface area contributed by atoms with Crippen molar-refractivity contribution in [1.29, 1.82) is 0 Å². The number of rotatable bonds is 6. The molecule has 37 heavy (non-hydrogen) atoms. The zero-order chi connectivity index (χ0) is 25.9. The van der Waals surface area contributed by atoms with E-state index in [9.17, 15) is 14.7 Å². The zero-order valence-electron chi connectivity index (χ0n) is 20.4. The number of aryl methyl sites for hydroxylation is 1. The van der Waals surface area contributed by atoms with Crippen molar-refractivity contribution in [2.24, 2.45) is 0 Å². The third kappa shape index (κ3) is 5.52. The van der Waals surface area contributed by atoms with Gasteiger partial charge in [0.25, 0.3) is 5.91 Å². The monoisotopic (exact) mass is 514 g/mol. The highest BCUT2D eigenvalue weighted by Crippen LogP contribution is 2.39. The first-order chi connectivity index (χ1) is 17.9.